The molecule has 0 saturated heterocycles. The van der Waals surface area contributed by atoms with Crippen LogP contribution in [0.2, 0.25) is 0 Å². The van der Waals surface area contributed by atoms with E-state index in [9.17, 15) is 4.79 Å². The number of benzene rings is 1. The fourth-order valence-electron chi connectivity index (χ4n) is 1.35. The van der Waals surface area contributed by atoms with Crippen LogP contribution >= 0.6 is 0 Å². The highest BCUT2D eigenvalue weighted by atomic mass is 16.5. The summed E-state index contributed by atoms with van der Waals surface area (Å²) in [5.41, 5.74) is 6.22. The van der Waals surface area contributed by atoms with Crippen LogP contribution in [0.1, 0.15) is 13.8 Å². The second-order valence-electron chi connectivity index (χ2n) is 4.68. The molecule has 106 valence electrons. The maximum absolute atomic E-state index is 11.5. The number of nitrogens with one attached hydrogen (secondary N) is 1. The van der Waals surface area contributed by atoms with Crippen molar-refractivity contribution in [3.63, 3.8) is 0 Å². The molecule has 0 unspecified atom stereocenters. The monoisotopic (exact) mass is 266 g/mol. The van der Waals surface area contributed by atoms with Gasteiger partial charge in [0.2, 0.25) is 0 Å². The van der Waals surface area contributed by atoms with Gasteiger partial charge in [0.1, 0.15) is 5.75 Å². The summed E-state index contributed by atoms with van der Waals surface area (Å²) in [5, 5.41) is 2.72. The summed E-state index contributed by atoms with van der Waals surface area (Å²) in [6, 6.07) is 6.92. The molecule has 3 N–H and O–H groups in total. The fourth-order valence-corrected chi connectivity index (χ4v) is 1.35. The molecular formula is C14H22N2O3. The van der Waals surface area contributed by atoms with E-state index in [0.717, 1.165) is 0 Å². The Balaban J connectivity index is 2.09. The van der Waals surface area contributed by atoms with Gasteiger partial charge >= 0.3 is 0 Å². The van der Waals surface area contributed by atoms with Gasteiger partial charge in [0.25, 0.3) is 5.91 Å². The molecule has 0 radical (unpaired) electrons. The van der Waals surface area contributed by atoms with Crippen molar-refractivity contribution in [2.45, 2.75) is 13.8 Å². The molecule has 0 fully saturated rings. The highest BCUT2D eigenvalue weighted by Crippen LogP contribution is 2.12. The number of carbonyl (C=O) groups is 1. The quantitative estimate of drug-likeness (QED) is 0.551. The van der Waals surface area contributed by atoms with Gasteiger partial charge in [0.15, 0.2) is 6.61 Å². The van der Waals surface area contributed by atoms with E-state index in [1.165, 1.54) is 0 Å². The molecule has 0 aromatic heterocycles. The molecule has 1 aromatic carbocycles. The van der Waals surface area contributed by atoms with E-state index in [2.05, 4.69) is 19.2 Å². The van der Waals surface area contributed by atoms with Crippen LogP contribution in [0.3, 0.4) is 0 Å². The van der Waals surface area contributed by atoms with Crippen LogP contribution in [0.5, 0.6) is 5.75 Å². The van der Waals surface area contributed by atoms with Gasteiger partial charge in [-0.05, 0) is 30.2 Å². The van der Waals surface area contributed by atoms with Gasteiger partial charge in [-0.2, -0.15) is 0 Å². The number of nitrogens with two attached hydrogens (primary N) is 1. The number of rotatable bonds is 8. The Labute approximate surface area is 114 Å². The van der Waals surface area contributed by atoms with E-state index in [1.54, 1.807) is 24.3 Å². The van der Waals surface area contributed by atoms with Crippen molar-refractivity contribution in [1.29, 1.82) is 0 Å². The first-order valence-electron chi connectivity index (χ1n) is 6.40. The van der Waals surface area contributed by atoms with Crippen LogP contribution in [0.25, 0.3) is 0 Å². The second-order valence-corrected chi connectivity index (χ2v) is 4.68. The topological polar surface area (TPSA) is 73.6 Å². The molecule has 0 aliphatic rings. The van der Waals surface area contributed by atoms with Gasteiger partial charge in [0, 0.05) is 18.8 Å². The number of carbonyl (C=O) groups excluding carboxylic acids is 1. The number of ether oxygens (including phenoxy) is 2. The zero-order chi connectivity index (χ0) is 14.1. The lowest BCUT2D eigenvalue weighted by molar-refractivity contribution is -0.123. The van der Waals surface area contributed by atoms with E-state index >= 15 is 0 Å². The number of anilines is 1. The Hall–Kier alpha value is -1.75. The Morgan fingerprint density at radius 3 is 2.63 bits per heavy atom. The summed E-state index contributed by atoms with van der Waals surface area (Å²) in [6.07, 6.45) is 0. The van der Waals surface area contributed by atoms with Crippen molar-refractivity contribution >= 4 is 11.6 Å². The van der Waals surface area contributed by atoms with E-state index < -0.39 is 0 Å². The molecule has 19 heavy (non-hydrogen) atoms. The van der Waals surface area contributed by atoms with Crippen molar-refractivity contribution in [1.82, 2.24) is 5.32 Å². The number of nitrogen functional groups attached to an aromatic ring is 1. The molecule has 5 nitrogen and oxygen atoms in total. The number of hydrogen-bond donors (Lipinski definition) is 2. The summed E-state index contributed by atoms with van der Waals surface area (Å²) in [4.78, 5) is 11.5. The SMILES string of the molecule is CC(C)COCCNC(=O)COc1ccc(N)cc1. The molecular weight excluding hydrogens is 244 g/mol. The van der Waals surface area contributed by atoms with Crippen molar-refractivity contribution in [3.8, 4) is 5.75 Å². The normalized spacial score (nSPS) is 10.5. The molecule has 0 atom stereocenters. The third-order valence-corrected chi connectivity index (χ3v) is 2.27. The minimum atomic E-state index is -0.162. The highest BCUT2D eigenvalue weighted by molar-refractivity contribution is 5.77. The first-order chi connectivity index (χ1) is 9.08. The molecule has 1 amide bonds. The van der Waals surface area contributed by atoms with E-state index in [1.807, 2.05) is 0 Å². The van der Waals surface area contributed by atoms with Gasteiger partial charge in [-0.15, -0.1) is 0 Å². The van der Waals surface area contributed by atoms with Crippen LogP contribution in [0.4, 0.5) is 5.69 Å². The lowest BCUT2D eigenvalue weighted by atomic mass is 10.2. The van der Waals surface area contributed by atoms with Crippen LogP contribution in [-0.4, -0.2) is 32.3 Å². The van der Waals surface area contributed by atoms with Crippen LogP contribution < -0.4 is 15.8 Å². The van der Waals surface area contributed by atoms with E-state index in [-0.39, 0.29) is 12.5 Å². The molecule has 0 saturated carbocycles. The van der Waals surface area contributed by atoms with Crippen LogP contribution in [0.15, 0.2) is 24.3 Å². The average Bonchev–Trinajstić information content (AvgIpc) is 2.37. The maximum atomic E-state index is 11.5. The summed E-state index contributed by atoms with van der Waals surface area (Å²) in [5.74, 6) is 0.968. The molecule has 1 aromatic rings. The van der Waals surface area contributed by atoms with Crippen molar-refractivity contribution in [2.75, 3.05) is 32.1 Å². The molecule has 0 aliphatic heterocycles. The van der Waals surface area contributed by atoms with Gasteiger partial charge in [-0.1, -0.05) is 13.8 Å². The van der Waals surface area contributed by atoms with Crippen molar-refractivity contribution in [3.05, 3.63) is 24.3 Å². The van der Waals surface area contributed by atoms with Gasteiger partial charge in [0.05, 0.1) is 6.61 Å². The lowest BCUT2D eigenvalue weighted by Gasteiger charge is -2.09. The summed E-state index contributed by atoms with van der Waals surface area (Å²) < 4.78 is 10.7. The van der Waals surface area contributed by atoms with Crippen LogP contribution in [0, 0.1) is 5.92 Å². The Bertz CT molecular complexity index is 377. The lowest BCUT2D eigenvalue weighted by Crippen LogP contribution is -2.31. The Kier molecular flexibility index (Phi) is 6.74. The van der Waals surface area contributed by atoms with E-state index in [0.29, 0.717) is 37.1 Å². The molecule has 1 rings (SSSR count). The van der Waals surface area contributed by atoms with E-state index in [4.69, 9.17) is 15.2 Å². The Morgan fingerprint density at radius 2 is 2.00 bits per heavy atom. The zero-order valence-electron chi connectivity index (χ0n) is 11.5. The first kappa shape index (κ1) is 15.3. The third-order valence-electron chi connectivity index (χ3n) is 2.27. The largest absolute Gasteiger partial charge is 0.484 e. The fraction of sp³-hybridized carbons (Fsp3) is 0.500. The van der Waals surface area contributed by atoms with Crippen LogP contribution in [-0.2, 0) is 9.53 Å². The minimum Gasteiger partial charge on any atom is -0.484 e. The molecule has 5 heteroatoms. The summed E-state index contributed by atoms with van der Waals surface area (Å²) in [7, 11) is 0. The summed E-state index contributed by atoms with van der Waals surface area (Å²) in [6.45, 7) is 5.88. The zero-order valence-corrected chi connectivity index (χ0v) is 11.5. The van der Waals surface area contributed by atoms with Gasteiger partial charge in [-0.3, -0.25) is 4.79 Å². The van der Waals surface area contributed by atoms with Crippen molar-refractivity contribution in [2.24, 2.45) is 5.92 Å². The summed E-state index contributed by atoms with van der Waals surface area (Å²) >= 11 is 0. The maximum Gasteiger partial charge on any atom is 0.258 e. The van der Waals surface area contributed by atoms with Crippen molar-refractivity contribution < 1.29 is 14.3 Å². The highest BCUT2D eigenvalue weighted by Gasteiger charge is 2.02. The average molecular weight is 266 g/mol. The molecule has 0 spiro atoms. The Morgan fingerprint density at radius 1 is 1.32 bits per heavy atom. The smallest absolute Gasteiger partial charge is 0.258 e. The minimum absolute atomic E-state index is 0.00585. The molecule has 0 aliphatic carbocycles. The van der Waals surface area contributed by atoms with Gasteiger partial charge < -0.3 is 20.5 Å². The predicted octanol–water partition coefficient (Wildman–Crippen LogP) is 1.44. The predicted molar refractivity (Wildman–Crippen MR) is 75.0 cm³/mol. The number of hydrogen-bond acceptors (Lipinski definition) is 4. The third kappa shape index (κ3) is 7.31. The molecule has 0 heterocycles. The molecule has 0 bridgehead atoms. The van der Waals surface area contributed by atoms with Gasteiger partial charge in [-0.25, -0.2) is 0 Å². The standard InChI is InChI=1S/C14H22N2O3/c1-11(2)9-18-8-7-16-14(17)10-19-13-5-3-12(15)4-6-13/h3-6,11H,7-10,15H2,1-2H3,(H,16,17). The second kappa shape index (κ2) is 8.37. The number of amides is 1. The first-order valence-corrected chi connectivity index (χ1v) is 6.40.